The lowest BCUT2D eigenvalue weighted by molar-refractivity contribution is 0.0618. The standard InChI is InChI=1S/C15H29N3/c1-13-5-3-2-4-9-18(13)15(11-16)8-10-17(12-15)14-6-7-14/h13-14H,2-12,16H2,1H3. The molecule has 1 aliphatic carbocycles. The molecule has 3 nitrogen and oxygen atoms in total. The molecule has 2 heterocycles. The van der Waals surface area contributed by atoms with Crippen LogP contribution in [-0.2, 0) is 0 Å². The van der Waals surface area contributed by atoms with Crippen molar-refractivity contribution in [1.82, 2.24) is 9.80 Å². The van der Waals surface area contributed by atoms with Crippen LogP contribution in [0.3, 0.4) is 0 Å². The highest BCUT2D eigenvalue weighted by molar-refractivity contribution is 5.05. The largest absolute Gasteiger partial charge is 0.329 e. The Morgan fingerprint density at radius 1 is 1.11 bits per heavy atom. The van der Waals surface area contributed by atoms with Crippen LogP contribution in [0.15, 0.2) is 0 Å². The van der Waals surface area contributed by atoms with E-state index >= 15 is 0 Å². The van der Waals surface area contributed by atoms with E-state index in [1.807, 2.05) is 0 Å². The van der Waals surface area contributed by atoms with Crippen LogP contribution in [0.4, 0.5) is 0 Å². The Hall–Kier alpha value is -0.120. The highest BCUT2D eigenvalue weighted by atomic mass is 15.3. The first-order valence-electron chi connectivity index (χ1n) is 7.96. The van der Waals surface area contributed by atoms with Crippen LogP contribution in [0.5, 0.6) is 0 Å². The second-order valence-electron chi connectivity index (χ2n) is 6.77. The van der Waals surface area contributed by atoms with E-state index in [4.69, 9.17) is 5.73 Å². The summed E-state index contributed by atoms with van der Waals surface area (Å²) in [5.41, 5.74) is 6.53. The Labute approximate surface area is 112 Å². The second kappa shape index (κ2) is 5.10. The van der Waals surface area contributed by atoms with E-state index in [1.54, 1.807) is 0 Å². The minimum absolute atomic E-state index is 0.298. The molecule has 3 aliphatic rings. The number of nitrogens with zero attached hydrogens (tertiary/aromatic N) is 2. The van der Waals surface area contributed by atoms with Gasteiger partial charge in [0.05, 0.1) is 0 Å². The van der Waals surface area contributed by atoms with Gasteiger partial charge in [-0.25, -0.2) is 0 Å². The van der Waals surface area contributed by atoms with Crippen LogP contribution in [0.1, 0.15) is 51.9 Å². The van der Waals surface area contributed by atoms with Crippen LogP contribution in [-0.4, -0.2) is 53.6 Å². The van der Waals surface area contributed by atoms with Crippen LogP contribution >= 0.6 is 0 Å². The SMILES string of the molecule is CC1CCCCCN1C1(CN)CCN(C2CC2)C1. The predicted molar refractivity (Wildman–Crippen MR) is 75.6 cm³/mol. The molecule has 3 fully saturated rings. The Balaban J connectivity index is 1.73. The topological polar surface area (TPSA) is 32.5 Å². The van der Waals surface area contributed by atoms with E-state index in [1.165, 1.54) is 64.6 Å². The highest BCUT2D eigenvalue weighted by Crippen LogP contribution is 2.37. The first-order valence-corrected chi connectivity index (χ1v) is 7.96. The van der Waals surface area contributed by atoms with Gasteiger partial charge in [-0.3, -0.25) is 9.80 Å². The van der Waals surface area contributed by atoms with Crippen molar-refractivity contribution in [2.45, 2.75) is 69.5 Å². The second-order valence-corrected chi connectivity index (χ2v) is 6.77. The summed E-state index contributed by atoms with van der Waals surface area (Å²) in [6, 6.07) is 1.64. The number of nitrogens with two attached hydrogens (primary N) is 1. The van der Waals surface area contributed by atoms with Crippen LogP contribution < -0.4 is 5.73 Å². The fourth-order valence-electron chi connectivity index (χ4n) is 4.14. The van der Waals surface area contributed by atoms with E-state index in [9.17, 15) is 0 Å². The lowest BCUT2D eigenvalue weighted by atomic mass is 9.93. The van der Waals surface area contributed by atoms with Gasteiger partial charge in [-0.15, -0.1) is 0 Å². The minimum atomic E-state index is 0.298. The number of hydrogen-bond donors (Lipinski definition) is 1. The molecule has 18 heavy (non-hydrogen) atoms. The van der Waals surface area contributed by atoms with Gasteiger partial charge in [0.25, 0.3) is 0 Å². The summed E-state index contributed by atoms with van der Waals surface area (Å²) >= 11 is 0. The molecule has 0 amide bonds. The molecule has 0 radical (unpaired) electrons. The van der Waals surface area contributed by atoms with Crippen molar-refractivity contribution in [3.63, 3.8) is 0 Å². The van der Waals surface area contributed by atoms with Crippen molar-refractivity contribution >= 4 is 0 Å². The summed E-state index contributed by atoms with van der Waals surface area (Å²) in [5, 5.41) is 0. The fraction of sp³-hybridized carbons (Fsp3) is 1.00. The Bertz CT molecular complexity index is 289. The van der Waals surface area contributed by atoms with E-state index in [-0.39, 0.29) is 0 Å². The van der Waals surface area contributed by atoms with Crippen molar-refractivity contribution in [3.8, 4) is 0 Å². The quantitative estimate of drug-likeness (QED) is 0.830. The Morgan fingerprint density at radius 3 is 2.67 bits per heavy atom. The number of likely N-dealkylation sites (tertiary alicyclic amines) is 2. The monoisotopic (exact) mass is 251 g/mol. The molecule has 3 heteroatoms. The Kier molecular flexibility index (Phi) is 3.65. The van der Waals surface area contributed by atoms with Gasteiger partial charge in [0, 0.05) is 37.3 Å². The maximum absolute atomic E-state index is 6.23. The molecular formula is C15H29N3. The fourth-order valence-corrected chi connectivity index (χ4v) is 4.14. The molecule has 0 aromatic heterocycles. The summed E-state index contributed by atoms with van der Waals surface area (Å²) in [7, 11) is 0. The van der Waals surface area contributed by atoms with Crippen molar-refractivity contribution < 1.29 is 0 Å². The van der Waals surface area contributed by atoms with Crippen molar-refractivity contribution in [2.24, 2.45) is 5.73 Å². The summed E-state index contributed by atoms with van der Waals surface area (Å²) in [5.74, 6) is 0. The molecule has 0 aromatic rings. The molecule has 0 bridgehead atoms. The molecule has 1 saturated carbocycles. The zero-order valence-corrected chi connectivity index (χ0v) is 11.9. The highest BCUT2D eigenvalue weighted by Gasteiger charge is 2.46. The van der Waals surface area contributed by atoms with Gasteiger partial charge in [0.2, 0.25) is 0 Å². The molecule has 104 valence electrons. The van der Waals surface area contributed by atoms with Gasteiger partial charge in [-0.2, -0.15) is 0 Å². The average Bonchev–Trinajstić information content (AvgIpc) is 3.17. The maximum Gasteiger partial charge on any atom is 0.0473 e. The summed E-state index contributed by atoms with van der Waals surface area (Å²) in [4.78, 5) is 5.49. The molecule has 0 spiro atoms. The van der Waals surface area contributed by atoms with Crippen molar-refractivity contribution in [3.05, 3.63) is 0 Å². The van der Waals surface area contributed by atoms with Crippen molar-refractivity contribution in [2.75, 3.05) is 26.2 Å². The molecule has 0 aromatic carbocycles. The van der Waals surface area contributed by atoms with Gasteiger partial charge < -0.3 is 5.73 Å². The zero-order valence-electron chi connectivity index (χ0n) is 11.9. The smallest absolute Gasteiger partial charge is 0.0473 e. The van der Waals surface area contributed by atoms with E-state index < -0.39 is 0 Å². The first-order chi connectivity index (χ1) is 8.75. The van der Waals surface area contributed by atoms with Gasteiger partial charge >= 0.3 is 0 Å². The normalized spacial score (nSPS) is 40.0. The predicted octanol–water partition coefficient (Wildman–Crippen LogP) is 1.82. The summed E-state index contributed by atoms with van der Waals surface area (Å²) in [6.07, 6.45) is 9.70. The van der Waals surface area contributed by atoms with Crippen LogP contribution in [0, 0.1) is 0 Å². The third-order valence-electron chi connectivity index (χ3n) is 5.47. The summed E-state index contributed by atoms with van der Waals surface area (Å²) < 4.78 is 0. The van der Waals surface area contributed by atoms with E-state index in [2.05, 4.69) is 16.7 Å². The third-order valence-corrected chi connectivity index (χ3v) is 5.47. The molecule has 3 rings (SSSR count). The van der Waals surface area contributed by atoms with Gasteiger partial charge in [0.1, 0.15) is 0 Å². The zero-order chi connectivity index (χ0) is 12.6. The van der Waals surface area contributed by atoms with E-state index in [0.29, 0.717) is 5.54 Å². The molecule has 2 aliphatic heterocycles. The van der Waals surface area contributed by atoms with Crippen LogP contribution in [0.25, 0.3) is 0 Å². The molecular weight excluding hydrogens is 222 g/mol. The maximum atomic E-state index is 6.23. The lowest BCUT2D eigenvalue weighted by Gasteiger charge is -2.44. The van der Waals surface area contributed by atoms with Gasteiger partial charge in [0.15, 0.2) is 0 Å². The summed E-state index contributed by atoms with van der Waals surface area (Å²) in [6.45, 7) is 7.06. The molecule has 2 unspecified atom stereocenters. The number of rotatable bonds is 3. The van der Waals surface area contributed by atoms with Gasteiger partial charge in [-0.05, 0) is 45.6 Å². The lowest BCUT2D eigenvalue weighted by Crippen LogP contribution is -2.58. The molecule has 2 atom stereocenters. The Morgan fingerprint density at radius 2 is 1.94 bits per heavy atom. The third kappa shape index (κ3) is 2.33. The first kappa shape index (κ1) is 12.9. The number of hydrogen-bond acceptors (Lipinski definition) is 3. The average molecular weight is 251 g/mol. The minimum Gasteiger partial charge on any atom is -0.329 e. The van der Waals surface area contributed by atoms with Gasteiger partial charge in [-0.1, -0.05) is 12.8 Å². The molecule has 2 N–H and O–H groups in total. The van der Waals surface area contributed by atoms with Crippen molar-refractivity contribution in [1.29, 1.82) is 0 Å². The van der Waals surface area contributed by atoms with Crippen LogP contribution in [0.2, 0.25) is 0 Å². The van der Waals surface area contributed by atoms with E-state index in [0.717, 1.165) is 18.6 Å². The molecule has 2 saturated heterocycles.